The number of amides is 2. The minimum absolute atomic E-state index is 0.0284. The number of rotatable bonds is 11. The molecule has 2 heterocycles. The molecule has 202 valence electrons. The van der Waals surface area contributed by atoms with Gasteiger partial charge in [0.15, 0.2) is 0 Å². The van der Waals surface area contributed by atoms with Crippen molar-refractivity contribution in [3.05, 3.63) is 29.7 Å². The van der Waals surface area contributed by atoms with Crippen LogP contribution >= 0.6 is 0 Å². The molecule has 37 heavy (non-hydrogen) atoms. The van der Waals surface area contributed by atoms with Crippen LogP contribution < -0.4 is 15.5 Å². The van der Waals surface area contributed by atoms with Gasteiger partial charge in [-0.1, -0.05) is 37.1 Å². The van der Waals surface area contributed by atoms with Crippen molar-refractivity contribution in [2.75, 3.05) is 57.8 Å². The summed E-state index contributed by atoms with van der Waals surface area (Å²) in [5.41, 5.74) is 2.55. The standard InChI is InChI=1S/C27H41N7O3/c1-5-28-12-13-29-25(35)17-33(24-14-21(11-10-19(24)2)27-30-20(3)37-31-27)18-26(36)32(4)34-15-22-8-6-7-9-23(22)16-34/h10-11,14,22-23,28H,5-9,12-13,15-18H2,1-4H3,(H,29,35)/t22-,23+. The van der Waals surface area contributed by atoms with Gasteiger partial charge >= 0.3 is 0 Å². The summed E-state index contributed by atoms with van der Waals surface area (Å²) in [4.78, 5) is 32.6. The molecule has 1 aliphatic carbocycles. The summed E-state index contributed by atoms with van der Waals surface area (Å²) in [6.45, 7) is 9.89. The van der Waals surface area contributed by atoms with Crippen LogP contribution in [-0.2, 0) is 9.59 Å². The van der Waals surface area contributed by atoms with E-state index in [4.69, 9.17) is 4.52 Å². The molecule has 10 nitrogen and oxygen atoms in total. The molecule has 2 N–H and O–H groups in total. The third-order valence-corrected chi connectivity index (χ3v) is 7.61. The van der Waals surface area contributed by atoms with E-state index in [-0.39, 0.29) is 24.9 Å². The SMILES string of the molecule is CCNCCNC(=O)CN(CC(=O)N(C)N1C[C@H]2CCCC[C@H]2C1)c1cc(-c2noc(C)n2)ccc1C. The normalized spacial score (nSPS) is 19.5. The molecule has 1 aliphatic heterocycles. The van der Waals surface area contributed by atoms with Crippen LogP contribution in [0.15, 0.2) is 22.7 Å². The van der Waals surface area contributed by atoms with Crippen molar-refractivity contribution in [3.8, 4) is 11.4 Å². The van der Waals surface area contributed by atoms with Crippen LogP contribution in [0.3, 0.4) is 0 Å². The number of carbonyl (C=O) groups excluding carboxylic acids is 2. The average Bonchev–Trinajstić information content (AvgIpc) is 3.52. The fraction of sp³-hybridized carbons (Fsp3) is 0.630. The maximum atomic E-state index is 13.5. The maximum Gasteiger partial charge on any atom is 0.256 e. The second-order valence-electron chi connectivity index (χ2n) is 10.3. The van der Waals surface area contributed by atoms with E-state index in [1.54, 1.807) is 11.9 Å². The van der Waals surface area contributed by atoms with E-state index >= 15 is 0 Å². The number of nitrogens with zero attached hydrogens (tertiary/aromatic N) is 5. The third-order valence-electron chi connectivity index (χ3n) is 7.61. The first-order valence-corrected chi connectivity index (χ1v) is 13.5. The average molecular weight is 512 g/mol. The highest BCUT2D eigenvalue weighted by Crippen LogP contribution is 2.36. The number of hydrazine groups is 1. The Labute approximate surface area is 219 Å². The molecule has 2 aliphatic rings. The van der Waals surface area contributed by atoms with Crippen LogP contribution in [0, 0.1) is 25.7 Å². The molecule has 1 saturated carbocycles. The molecule has 10 heteroatoms. The highest BCUT2D eigenvalue weighted by atomic mass is 16.5. The number of aryl methyl sites for hydroxylation is 2. The van der Waals surface area contributed by atoms with Gasteiger partial charge in [-0.05, 0) is 49.8 Å². The predicted molar refractivity (Wildman–Crippen MR) is 143 cm³/mol. The summed E-state index contributed by atoms with van der Waals surface area (Å²) in [6, 6.07) is 5.83. The van der Waals surface area contributed by atoms with Crippen LogP contribution in [-0.4, -0.2) is 84.8 Å². The largest absolute Gasteiger partial charge is 0.353 e. The van der Waals surface area contributed by atoms with Crippen LogP contribution in [0.25, 0.3) is 11.4 Å². The van der Waals surface area contributed by atoms with Crippen molar-refractivity contribution < 1.29 is 14.1 Å². The number of benzene rings is 1. The van der Waals surface area contributed by atoms with E-state index in [1.807, 2.05) is 44.0 Å². The highest BCUT2D eigenvalue weighted by Gasteiger charge is 2.37. The Bertz CT molecular complexity index is 1060. The second-order valence-corrected chi connectivity index (χ2v) is 10.3. The Morgan fingerprint density at radius 1 is 1.11 bits per heavy atom. The summed E-state index contributed by atoms with van der Waals surface area (Å²) in [5.74, 6) is 2.17. The number of hydrogen-bond acceptors (Lipinski definition) is 8. The minimum atomic E-state index is -0.124. The van der Waals surface area contributed by atoms with E-state index in [0.29, 0.717) is 36.6 Å². The Morgan fingerprint density at radius 3 is 2.49 bits per heavy atom. The lowest BCUT2D eigenvalue weighted by atomic mass is 9.82. The summed E-state index contributed by atoms with van der Waals surface area (Å²) in [7, 11) is 1.86. The van der Waals surface area contributed by atoms with Gasteiger partial charge in [-0.2, -0.15) is 4.98 Å². The van der Waals surface area contributed by atoms with Gasteiger partial charge in [0.05, 0.1) is 13.1 Å². The van der Waals surface area contributed by atoms with Crippen molar-refractivity contribution in [1.82, 2.24) is 30.8 Å². The van der Waals surface area contributed by atoms with Crippen molar-refractivity contribution in [2.24, 2.45) is 11.8 Å². The number of anilines is 1. The van der Waals surface area contributed by atoms with Crippen molar-refractivity contribution in [3.63, 3.8) is 0 Å². The number of carbonyl (C=O) groups is 2. The first kappa shape index (κ1) is 27.1. The molecule has 1 aromatic carbocycles. The van der Waals surface area contributed by atoms with Crippen LogP contribution in [0.5, 0.6) is 0 Å². The van der Waals surface area contributed by atoms with E-state index in [0.717, 1.165) is 36.4 Å². The molecule has 2 amide bonds. The molecule has 0 radical (unpaired) electrons. The molecule has 2 atom stereocenters. The zero-order valence-electron chi connectivity index (χ0n) is 22.6. The van der Waals surface area contributed by atoms with E-state index in [1.165, 1.54) is 25.7 Å². The van der Waals surface area contributed by atoms with E-state index in [9.17, 15) is 9.59 Å². The first-order chi connectivity index (χ1) is 17.9. The number of aromatic nitrogens is 2. The summed E-state index contributed by atoms with van der Waals surface area (Å²) < 4.78 is 5.16. The van der Waals surface area contributed by atoms with Gasteiger partial charge in [-0.25, -0.2) is 5.01 Å². The summed E-state index contributed by atoms with van der Waals surface area (Å²) in [6.07, 6.45) is 5.09. The number of hydrogen-bond donors (Lipinski definition) is 2. The summed E-state index contributed by atoms with van der Waals surface area (Å²) >= 11 is 0. The van der Waals surface area contributed by atoms with Crippen molar-refractivity contribution in [2.45, 2.75) is 46.5 Å². The molecule has 0 spiro atoms. The predicted octanol–water partition coefficient (Wildman–Crippen LogP) is 2.38. The maximum absolute atomic E-state index is 13.5. The Morgan fingerprint density at radius 2 is 1.84 bits per heavy atom. The number of nitrogens with one attached hydrogen (secondary N) is 2. The highest BCUT2D eigenvalue weighted by molar-refractivity contribution is 5.87. The lowest BCUT2D eigenvalue weighted by Crippen LogP contribution is -2.49. The monoisotopic (exact) mass is 511 g/mol. The zero-order valence-corrected chi connectivity index (χ0v) is 22.6. The fourth-order valence-corrected chi connectivity index (χ4v) is 5.48. The van der Waals surface area contributed by atoms with Gasteiger partial charge in [-0.3, -0.25) is 14.6 Å². The molecule has 1 saturated heterocycles. The smallest absolute Gasteiger partial charge is 0.256 e. The molecule has 1 aromatic heterocycles. The van der Waals surface area contributed by atoms with Gasteiger partial charge in [0.25, 0.3) is 5.91 Å². The second kappa shape index (κ2) is 12.5. The fourth-order valence-electron chi connectivity index (χ4n) is 5.48. The molecular formula is C27H41N7O3. The van der Waals surface area contributed by atoms with Gasteiger partial charge in [0.1, 0.15) is 0 Å². The molecule has 2 fully saturated rings. The van der Waals surface area contributed by atoms with Gasteiger partial charge < -0.3 is 20.1 Å². The van der Waals surface area contributed by atoms with Gasteiger partial charge in [-0.15, -0.1) is 0 Å². The van der Waals surface area contributed by atoms with E-state index < -0.39 is 0 Å². The Balaban J connectivity index is 1.51. The molecule has 0 unspecified atom stereocenters. The lowest BCUT2D eigenvalue weighted by molar-refractivity contribution is -0.142. The van der Waals surface area contributed by atoms with E-state index in [2.05, 4.69) is 25.8 Å². The lowest BCUT2D eigenvalue weighted by Gasteiger charge is -2.32. The molecule has 2 aromatic rings. The molecule has 0 bridgehead atoms. The van der Waals surface area contributed by atoms with Crippen LogP contribution in [0.2, 0.25) is 0 Å². The van der Waals surface area contributed by atoms with Crippen molar-refractivity contribution >= 4 is 17.5 Å². The first-order valence-electron chi connectivity index (χ1n) is 13.5. The Kier molecular flexibility index (Phi) is 9.15. The minimum Gasteiger partial charge on any atom is -0.353 e. The van der Waals surface area contributed by atoms with Crippen LogP contribution in [0.1, 0.15) is 44.1 Å². The third kappa shape index (κ3) is 6.87. The zero-order chi connectivity index (χ0) is 26.4. The van der Waals surface area contributed by atoms with Crippen molar-refractivity contribution in [1.29, 1.82) is 0 Å². The quantitative estimate of drug-likeness (QED) is 0.443. The number of likely N-dealkylation sites (N-methyl/N-ethyl adjacent to an activating group) is 2. The van der Waals surface area contributed by atoms with Gasteiger partial charge in [0.2, 0.25) is 17.6 Å². The van der Waals surface area contributed by atoms with Gasteiger partial charge in [0, 0.05) is 51.4 Å². The Hall–Kier alpha value is -2.98. The van der Waals surface area contributed by atoms with Crippen LogP contribution in [0.4, 0.5) is 5.69 Å². The summed E-state index contributed by atoms with van der Waals surface area (Å²) in [5, 5.41) is 14.2. The topological polar surface area (TPSA) is 107 Å². The molecule has 4 rings (SSSR count). The number of fused-ring (bicyclic) bond motifs is 1. The molecular weight excluding hydrogens is 470 g/mol.